The molecular formula is C10H15N3O4. The van der Waals surface area contributed by atoms with Gasteiger partial charge >= 0.3 is 5.97 Å². The van der Waals surface area contributed by atoms with Crippen molar-refractivity contribution >= 4 is 11.8 Å². The summed E-state index contributed by atoms with van der Waals surface area (Å²) < 4.78 is 4.87. The van der Waals surface area contributed by atoms with E-state index < -0.39 is 17.9 Å². The van der Waals surface area contributed by atoms with Crippen molar-refractivity contribution in [1.29, 1.82) is 0 Å². The van der Waals surface area contributed by atoms with E-state index >= 15 is 0 Å². The second-order valence-electron chi connectivity index (χ2n) is 3.66. The lowest BCUT2D eigenvalue weighted by molar-refractivity contribution is -0.138. The normalized spacial score (nSPS) is 14.2. The maximum Gasteiger partial charge on any atom is 0.320 e. The molecule has 7 nitrogen and oxygen atoms in total. The smallest absolute Gasteiger partial charge is 0.320 e. The zero-order valence-electron chi connectivity index (χ0n) is 9.20. The van der Waals surface area contributed by atoms with Gasteiger partial charge in [0.1, 0.15) is 12.3 Å². The van der Waals surface area contributed by atoms with E-state index in [1.807, 2.05) is 0 Å². The van der Waals surface area contributed by atoms with Crippen LogP contribution < -0.4 is 11.5 Å². The highest BCUT2D eigenvalue weighted by molar-refractivity contribution is 5.93. The van der Waals surface area contributed by atoms with E-state index in [9.17, 15) is 9.59 Å². The number of oxazole rings is 1. The van der Waals surface area contributed by atoms with E-state index in [2.05, 4.69) is 4.98 Å². The Labute approximate surface area is 97.8 Å². The van der Waals surface area contributed by atoms with Crippen molar-refractivity contribution in [3.63, 3.8) is 0 Å². The average Bonchev–Trinajstić information content (AvgIpc) is 2.82. The van der Waals surface area contributed by atoms with Gasteiger partial charge in [-0.25, -0.2) is 4.98 Å². The first kappa shape index (κ1) is 13.3. The molecule has 2 atom stereocenters. The zero-order chi connectivity index (χ0) is 12.8. The van der Waals surface area contributed by atoms with Gasteiger partial charge in [-0.3, -0.25) is 9.59 Å². The topological polar surface area (TPSA) is 132 Å². The molecule has 1 heterocycles. The molecule has 1 aromatic rings. The molecule has 5 N–H and O–H groups in total. The quantitative estimate of drug-likeness (QED) is 0.554. The first-order valence-electron chi connectivity index (χ1n) is 5.18. The molecule has 0 aromatic carbocycles. The van der Waals surface area contributed by atoms with Crippen LogP contribution >= 0.6 is 0 Å². The number of aliphatic carboxylic acids is 1. The van der Waals surface area contributed by atoms with Crippen molar-refractivity contribution in [3.8, 4) is 0 Å². The first-order chi connectivity index (χ1) is 8.06. The summed E-state index contributed by atoms with van der Waals surface area (Å²) in [5.41, 5.74) is 10.8. The molecule has 0 bridgehead atoms. The van der Waals surface area contributed by atoms with Crippen molar-refractivity contribution in [2.24, 2.45) is 17.4 Å². The van der Waals surface area contributed by atoms with Gasteiger partial charge in [0.15, 0.2) is 0 Å². The van der Waals surface area contributed by atoms with Crippen LogP contribution in [-0.4, -0.2) is 34.4 Å². The van der Waals surface area contributed by atoms with Crippen LogP contribution in [0.4, 0.5) is 0 Å². The zero-order valence-corrected chi connectivity index (χ0v) is 9.20. The Morgan fingerprint density at radius 2 is 2.18 bits per heavy atom. The molecule has 94 valence electrons. The average molecular weight is 241 g/mol. The predicted octanol–water partition coefficient (Wildman–Crippen LogP) is -0.376. The van der Waals surface area contributed by atoms with Gasteiger partial charge in [0.2, 0.25) is 5.78 Å². The van der Waals surface area contributed by atoms with Gasteiger partial charge < -0.3 is 21.0 Å². The Kier molecular flexibility index (Phi) is 4.80. The summed E-state index contributed by atoms with van der Waals surface area (Å²) in [6.45, 7) is 0.105. The summed E-state index contributed by atoms with van der Waals surface area (Å²) >= 11 is 0. The standard InChI is InChI=1S/C10H15N3O4/c11-5-6(1-2-7(12)10(15)16)8(14)9-13-3-4-17-9/h3-4,6-7H,1-2,5,11-12H2,(H,15,16)/t6?,7-/m0/s1. The number of carbonyl (C=O) groups is 2. The van der Waals surface area contributed by atoms with Gasteiger partial charge in [-0.1, -0.05) is 0 Å². The van der Waals surface area contributed by atoms with Gasteiger partial charge in [-0.2, -0.15) is 0 Å². The molecule has 0 aliphatic carbocycles. The van der Waals surface area contributed by atoms with Crippen LogP contribution in [0.25, 0.3) is 0 Å². The SMILES string of the molecule is NCC(CC[C@H](N)C(=O)O)C(=O)c1ncco1. The summed E-state index contributed by atoms with van der Waals surface area (Å²) in [5, 5.41) is 8.62. The predicted molar refractivity (Wildman–Crippen MR) is 58.2 cm³/mol. The summed E-state index contributed by atoms with van der Waals surface area (Å²) in [4.78, 5) is 26.0. The fraction of sp³-hybridized carbons (Fsp3) is 0.500. The second-order valence-corrected chi connectivity index (χ2v) is 3.66. The minimum absolute atomic E-state index is 0.00986. The van der Waals surface area contributed by atoms with Crippen LogP contribution in [0.2, 0.25) is 0 Å². The molecule has 0 saturated heterocycles. The number of carbonyl (C=O) groups excluding carboxylic acids is 1. The lowest BCUT2D eigenvalue weighted by Crippen LogP contribution is -2.32. The molecule has 0 saturated carbocycles. The molecule has 17 heavy (non-hydrogen) atoms. The van der Waals surface area contributed by atoms with Crippen molar-refractivity contribution in [1.82, 2.24) is 4.98 Å². The Morgan fingerprint density at radius 1 is 1.47 bits per heavy atom. The number of hydrogen-bond acceptors (Lipinski definition) is 6. The molecule has 0 aliphatic rings. The van der Waals surface area contributed by atoms with Crippen LogP contribution in [0.1, 0.15) is 23.5 Å². The summed E-state index contributed by atoms with van der Waals surface area (Å²) in [6.07, 6.45) is 3.14. The highest BCUT2D eigenvalue weighted by Gasteiger charge is 2.24. The molecule has 0 aliphatic heterocycles. The molecule has 0 radical (unpaired) electrons. The van der Waals surface area contributed by atoms with E-state index in [4.69, 9.17) is 21.0 Å². The van der Waals surface area contributed by atoms with Gasteiger partial charge in [0, 0.05) is 12.5 Å². The Morgan fingerprint density at radius 3 is 2.65 bits per heavy atom. The van der Waals surface area contributed by atoms with Crippen LogP contribution in [-0.2, 0) is 4.79 Å². The third-order valence-corrected chi connectivity index (χ3v) is 2.44. The van der Waals surface area contributed by atoms with Crippen LogP contribution in [0.5, 0.6) is 0 Å². The van der Waals surface area contributed by atoms with Crippen molar-refractivity contribution < 1.29 is 19.1 Å². The Bertz CT molecular complexity index is 377. The number of nitrogens with two attached hydrogens (primary N) is 2. The van der Waals surface area contributed by atoms with Crippen LogP contribution in [0.3, 0.4) is 0 Å². The molecule has 1 rings (SSSR count). The van der Waals surface area contributed by atoms with Gasteiger partial charge in [-0.15, -0.1) is 0 Å². The van der Waals surface area contributed by atoms with E-state index in [0.717, 1.165) is 0 Å². The fourth-order valence-electron chi connectivity index (χ4n) is 1.38. The first-order valence-corrected chi connectivity index (χ1v) is 5.18. The number of Topliss-reactive ketones (excluding diaryl/α,β-unsaturated/α-hetero) is 1. The lowest BCUT2D eigenvalue weighted by atomic mass is 9.96. The lowest BCUT2D eigenvalue weighted by Gasteiger charge is -2.12. The van der Waals surface area contributed by atoms with Crippen molar-refractivity contribution in [2.45, 2.75) is 18.9 Å². The molecule has 1 aromatic heterocycles. The van der Waals surface area contributed by atoms with Crippen LogP contribution in [0.15, 0.2) is 16.9 Å². The molecule has 1 unspecified atom stereocenters. The number of carboxylic acids is 1. The van der Waals surface area contributed by atoms with E-state index in [1.54, 1.807) is 0 Å². The van der Waals surface area contributed by atoms with Crippen LogP contribution in [0, 0.1) is 5.92 Å². The van der Waals surface area contributed by atoms with Gasteiger partial charge in [0.25, 0.3) is 5.89 Å². The van der Waals surface area contributed by atoms with Crippen molar-refractivity contribution in [2.75, 3.05) is 6.54 Å². The number of aromatic nitrogens is 1. The number of rotatable bonds is 7. The van der Waals surface area contributed by atoms with Crippen molar-refractivity contribution in [3.05, 3.63) is 18.4 Å². The number of nitrogens with zero attached hydrogens (tertiary/aromatic N) is 1. The molecule has 0 fully saturated rings. The molecule has 0 amide bonds. The maximum absolute atomic E-state index is 11.8. The van der Waals surface area contributed by atoms with Gasteiger partial charge in [-0.05, 0) is 12.8 Å². The largest absolute Gasteiger partial charge is 0.480 e. The highest BCUT2D eigenvalue weighted by Crippen LogP contribution is 2.13. The van der Waals surface area contributed by atoms with E-state index in [1.165, 1.54) is 12.5 Å². The van der Waals surface area contributed by atoms with E-state index in [-0.39, 0.29) is 24.6 Å². The second kappa shape index (κ2) is 6.12. The van der Waals surface area contributed by atoms with Gasteiger partial charge in [0.05, 0.1) is 6.20 Å². The summed E-state index contributed by atoms with van der Waals surface area (Å²) in [7, 11) is 0. The third-order valence-electron chi connectivity index (χ3n) is 2.44. The Balaban J connectivity index is 2.54. The number of ketones is 1. The summed E-state index contributed by atoms with van der Waals surface area (Å²) in [5.74, 6) is -1.94. The minimum Gasteiger partial charge on any atom is -0.480 e. The molecule has 7 heteroatoms. The highest BCUT2D eigenvalue weighted by atomic mass is 16.4. The molecular weight excluding hydrogens is 226 g/mol. The fourth-order valence-corrected chi connectivity index (χ4v) is 1.38. The minimum atomic E-state index is -1.09. The Hall–Kier alpha value is -1.73. The third kappa shape index (κ3) is 3.65. The molecule has 0 spiro atoms. The number of hydrogen-bond donors (Lipinski definition) is 3. The summed E-state index contributed by atoms with van der Waals surface area (Å²) in [6, 6.07) is -0.985. The number of carboxylic acid groups (broad SMARTS) is 1. The van der Waals surface area contributed by atoms with E-state index in [0.29, 0.717) is 6.42 Å². The maximum atomic E-state index is 11.8. The monoisotopic (exact) mass is 241 g/mol.